The zero-order valence-corrected chi connectivity index (χ0v) is 15.4. The molecule has 0 atom stereocenters. The largest absolute Gasteiger partial charge is 0.392 e. The average Bonchev–Trinajstić information content (AvgIpc) is 2.68. The van der Waals surface area contributed by atoms with E-state index in [1.807, 2.05) is 17.3 Å². The van der Waals surface area contributed by atoms with Crippen LogP contribution < -0.4 is 14.7 Å². The van der Waals surface area contributed by atoms with Crippen LogP contribution in [0.5, 0.6) is 0 Å². The summed E-state index contributed by atoms with van der Waals surface area (Å²) < 4.78 is 19.7. The fraction of sp³-hybridized carbons (Fsp3) is 0.474. The number of methoxy groups -OCH3 is 1. The van der Waals surface area contributed by atoms with Gasteiger partial charge in [-0.05, 0) is 6.07 Å². The standard InChI is InChI=1S/C19H24FN5O2/c1-27-16-11-25(12-16)19-21-9-15(10-22-19)23-5-7-24(8-6-23)17-4-2-3-14(13-26)18(17)20/h2-4,9-10,16,26H,5-8,11-13H2,1H3. The van der Waals surface area contributed by atoms with Crippen molar-refractivity contribution in [2.24, 2.45) is 0 Å². The summed E-state index contributed by atoms with van der Waals surface area (Å²) in [6.45, 7) is 4.30. The number of rotatable bonds is 5. The van der Waals surface area contributed by atoms with E-state index in [1.54, 1.807) is 25.3 Å². The number of aromatic nitrogens is 2. The molecule has 2 aliphatic rings. The molecule has 1 aromatic heterocycles. The Labute approximate surface area is 158 Å². The highest BCUT2D eigenvalue weighted by atomic mass is 19.1. The summed E-state index contributed by atoms with van der Waals surface area (Å²) in [6.07, 6.45) is 3.97. The van der Waals surface area contributed by atoms with Gasteiger partial charge in [0.05, 0.1) is 36.5 Å². The average molecular weight is 373 g/mol. The van der Waals surface area contributed by atoms with Gasteiger partial charge in [0.1, 0.15) is 0 Å². The molecule has 144 valence electrons. The van der Waals surface area contributed by atoms with Gasteiger partial charge >= 0.3 is 0 Å². The molecular weight excluding hydrogens is 349 g/mol. The summed E-state index contributed by atoms with van der Waals surface area (Å²) in [6, 6.07) is 5.16. The maximum Gasteiger partial charge on any atom is 0.225 e. The monoisotopic (exact) mass is 373 g/mol. The molecule has 0 amide bonds. The molecule has 1 N–H and O–H groups in total. The van der Waals surface area contributed by atoms with Crippen LogP contribution in [0.3, 0.4) is 0 Å². The highest BCUT2D eigenvalue weighted by Crippen LogP contribution is 2.25. The van der Waals surface area contributed by atoms with Gasteiger partial charge in [0.15, 0.2) is 5.82 Å². The van der Waals surface area contributed by atoms with Crippen LogP contribution >= 0.6 is 0 Å². The van der Waals surface area contributed by atoms with Gasteiger partial charge in [-0.2, -0.15) is 0 Å². The van der Waals surface area contributed by atoms with Crippen molar-refractivity contribution in [3.05, 3.63) is 42.0 Å². The predicted octanol–water partition coefficient (Wildman–Crippen LogP) is 1.27. The van der Waals surface area contributed by atoms with Crippen LogP contribution in [-0.2, 0) is 11.3 Å². The van der Waals surface area contributed by atoms with Crippen molar-refractivity contribution in [3.63, 3.8) is 0 Å². The summed E-state index contributed by atoms with van der Waals surface area (Å²) in [5.74, 6) is 0.402. The maximum absolute atomic E-state index is 14.4. The lowest BCUT2D eigenvalue weighted by Crippen LogP contribution is -2.52. The first-order chi connectivity index (χ1) is 13.2. The predicted molar refractivity (Wildman–Crippen MR) is 102 cm³/mol. The normalized spacial score (nSPS) is 18.0. The molecule has 2 aliphatic heterocycles. The first-order valence-corrected chi connectivity index (χ1v) is 9.17. The summed E-state index contributed by atoms with van der Waals surface area (Å²) in [4.78, 5) is 15.3. The van der Waals surface area contributed by atoms with Crippen LogP contribution in [-0.4, -0.2) is 67.6 Å². The lowest BCUT2D eigenvalue weighted by Gasteiger charge is -2.39. The number of halogens is 1. The summed E-state index contributed by atoms with van der Waals surface area (Å²) >= 11 is 0. The van der Waals surface area contributed by atoms with E-state index < -0.39 is 0 Å². The van der Waals surface area contributed by atoms with Crippen molar-refractivity contribution in [2.75, 3.05) is 61.1 Å². The molecule has 8 heteroatoms. The molecule has 7 nitrogen and oxygen atoms in total. The van der Waals surface area contributed by atoms with E-state index >= 15 is 0 Å². The number of piperazine rings is 1. The molecule has 4 rings (SSSR count). The molecular formula is C19H24FN5O2. The number of ether oxygens (including phenoxy) is 1. The summed E-state index contributed by atoms with van der Waals surface area (Å²) in [5, 5.41) is 9.25. The van der Waals surface area contributed by atoms with E-state index in [0.29, 0.717) is 24.3 Å². The highest BCUT2D eigenvalue weighted by Gasteiger charge is 2.28. The molecule has 1 aromatic carbocycles. The van der Waals surface area contributed by atoms with Gasteiger partial charge in [0.25, 0.3) is 0 Å². The van der Waals surface area contributed by atoms with Gasteiger partial charge in [-0.3, -0.25) is 0 Å². The van der Waals surface area contributed by atoms with Crippen molar-refractivity contribution in [1.29, 1.82) is 0 Å². The first-order valence-electron chi connectivity index (χ1n) is 9.17. The number of nitrogens with zero attached hydrogens (tertiary/aromatic N) is 5. The molecule has 27 heavy (non-hydrogen) atoms. The third-order valence-corrected chi connectivity index (χ3v) is 5.30. The second-order valence-electron chi connectivity index (χ2n) is 6.89. The number of hydrogen-bond donors (Lipinski definition) is 1. The molecule has 3 heterocycles. The number of hydrogen-bond acceptors (Lipinski definition) is 7. The van der Waals surface area contributed by atoms with Gasteiger partial charge in [-0.1, -0.05) is 12.1 Å². The fourth-order valence-electron chi connectivity index (χ4n) is 3.53. The van der Waals surface area contributed by atoms with Crippen LogP contribution in [0.25, 0.3) is 0 Å². The van der Waals surface area contributed by atoms with Crippen molar-refractivity contribution in [1.82, 2.24) is 9.97 Å². The van der Waals surface area contributed by atoms with E-state index in [0.717, 1.165) is 37.8 Å². The zero-order valence-electron chi connectivity index (χ0n) is 15.4. The van der Waals surface area contributed by atoms with Crippen molar-refractivity contribution >= 4 is 17.3 Å². The quantitative estimate of drug-likeness (QED) is 0.847. The minimum atomic E-state index is -0.329. The van der Waals surface area contributed by atoms with E-state index in [9.17, 15) is 9.50 Å². The number of aliphatic hydroxyl groups is 1. The molecule has 0 radical (unpaired) electrons. The Morgan fingerprint density at radius 1 is 1.07 bits per heavy atom. The van der Waals surface area contributed by atoms with Crippen molar-refractivity contribution < 1.29 is 14.2 Å². The Hall–Kier alpha value is -2.45. The van der Waals surface area contributed by atoms with Crippen molar-refractivity contribution in [3.8, 4) is 0 Å². The molecule has 2 aromatic rings. The Kier molecular flexibility index (Phi) is 5.09. The molecule has 0 unspecified atom stereocenters. The maximum atomic E-state index is 14.4. The van der Waals surface area contributed by atoms with E-state index in [2.05, 4.69) is 19.8 Å². The molecule has 2 saturated heterocycles. The van der Waals surface area contributed by atoms with E-state index in [1.165, 1.54) is 0 Å². The van der Waals surface area contributed by atoms with Gasteiger partial charge in [0, 0.05) is 51.9 Å². The molecule has 0 spiro atoms. The number of benzene rings is 1. The highest BCUT2D eigenvalue weighted by molar-refractivity contribution is 5.53. The topological polar surface area (TPSA) is 65.0 Å². The Morgan fingerprint density at radius 2 is 1.74 bits per heavy atom. The Bertz CT molecular complexity index is 774. The van der Waals surface area contributed by atoms with Gasteiger partial charge < -0.3 is 24.5 Å². The second kappa shape index (κ2) is 7.66. The smallest absolute Gasteiger partial charge is 0.225 e. The summed E-state index contributed by atoms with van der Waals surface area (Å²) in [7, 11) is 1.72. The SMILES string of the molecule is COC1CN(c2ncc(N3CCN(c4cccc(CO)c4F)CC3)cn2)C1. The van der Waals surface area contributed by atoms with Crippen LogP contribution in [0.4, 0.5) is 21.7 Å². The van der Waals surface area contributed by atoms with Gasteiger partial charge in [-0.15, -0.1) is 0 Å². The van der Waals surface area contributed by atoms with E-state index in [4.69, 9.17) is 4.74 Å². The lowest BCUT2D eigenvalue weighted by atomic mass is 10.1. The van der Waals surface area contributed by atoms with Gasteiger partial charge in [0.2, 0.25) is 5.95 Å². The van der Waals surface area contributed by atoms with Crippen LogP contribution in [0.15, 0.2) is 30.6 Å². The number of aliphatic hydroxyl groups excluding tert-OH is 1. The minimum absolute atomic E-state index is 0.270. The first kappa shape index (κ1) is 17.9. The molecule has 0 saturated carbocycles. The third kappa shape index (κ3) is 3.54. The molecule has 2 fully saturated rings. The third-order valence-electron chi connectivity index (χ3n) is 5.30. The van der Waals surface area contributed by atoms with Crippen molar-refractivity contribution in [2.45, 2.75) is 12.7 Å². The Balaban J connectivity index is 1.37. The Morgan fingerprint density at radius 3 is 2.37 bits per heavy atom. The van der Waals surface area contributed by atoms with Gasteiger partial charge in [-0.25, -0.2) is 14.4 Å². The van der Waals surface area contributed by atoms with Crippen LogP contribution in [0, 0.1) is 5.82 Å². The summed E-state index contributed by atoms with van der Waals surface area (Å²) in [5.41, 5.74) is 1.87. The van der Waals surface area contributed by atoms with Crippen LogP contribution in [0.2, 0.25) is 0 Å². The number of anilines is 3. The lowest BCUT2D eigenvalue weighted by molar-refractivity contribution is 0.0778. The fourth-order valence-corrected chi connectivity index (χ4v) is 3.53. The molecule has 0 bridgehead atoms. The minimum Gasteiger partial charge on any atom is -0.392 e. The van der Waals surface area contributed by atoms with Crippen LogP contribution in [0.1, 0.15) is 5.56 Å². The van der Waals surface area contributed by atoms with E-state index in [-0.39, 0.29) is 18.5 Å². The second-order valence-corrected chi connectivity index (χ2v) is 6.89. The zero-order chi connectivity index (χ0) is 18.8. The molecule has 0 aliphatic carbocycles.